The predicted octanol–water partition coefficient (Wildman–Crippen LogP) is 2.64. The number of pyridine rings is 1. The van der Waals surface area contributed by atoms with Gasteiger partial charge < -0.3 is 4.90 Å². The van der Waals surface area contributed by atoms with Crippen molar-refractivity contribution >= 4 is 5.91 Å². The first-order valence-corrected chi connectivity index (χ1v) is 9.95. The lowest BCUT2D eigenvalue weighted by molar-refractivity contribution is 0.0113. The van der Waals surface area contributed by atoms with Crippen LogP contribution in [0.5, 0.6) is 0 Å². The number of amides is 1. The van der Waals surface area contributed by atoms with Gasteiger partial charge in [-0.1, -0.05) is 6.07 Å². The van der Waals surface area contributed by atoms with E-state index >= 15 is 0 Å². The van der Waals surface area contributed by atoms with E-state index in [0.717, 1.165) is 50.4 Å². The second kappa shape index (κ2) is 7.43. The molecule has 0 bridgehead atoms. The Labute approximate surface area is 161 Å². The van der Waals surface area contributed by atoms with E-state index in [1.807, 2.05) is 38.6 Å². The van der Waals surface area contributed by atoms with Crippen LogP contribution in [0.4, 0.5) is 0 Å². The molecule has 2 aliphatic heterocycles. The summed E-state index contributed by atoms with van der Waals surface area (Å²) in [5.41, 5.74) is 3.07. The van der Waals surface area contributed by atoms with E-state index in [2.05, 4.69) is 25.9 Å². The molecule has 1 unspecified atom stereocenters. The van der Waals surface area contributed by atoms with Crippen molar-refractivity contribution in [1.82, 2.24) is 24.6 Å². The van der Waals surface area contributed by atoms with Gasteiger partial charge in [-0.3, -0.25) is 19.4 Å². The highest BCUT2D eigenvalue weighted by Gasteiger charge is 2.40. The molecule has 1 spiro atoms. The fourth-order valence-corrected chi connectivity index (χ4v) is 4.89. The molecule has 27 heavy (non-hydrogen) atoms. The van der Waals surface area contributed by atoms with E-state index in [1.54, 1.807) is 4.68 Å². The summed E-state index contributed by atoms with van der Waals surface area (Å²) < 4.78 is 1.73. The molecule has 1 amide bonds. The maximum Gasteiger partial charge on any atom is 0.257 e. The second-order valence-electron chi connectivity index (χ2n) is 8.31. The van der Waals surface area contributed by atoms with Gasteiger partial charge in [0.15, 0.2) is 0 Å². The number of carbonyl (C=O) groups excluding carboxylic acids is 1. The molecule has 2 aliphatic rings. The zero-order chi connectivity index (χ0) is 18.9. The van der Waals surface area contributed by atoms with Crippen molar-refractivity contribution < 1.29 is 4.79 Å². The van der Waals surface area contributed by atoms with Gasteiger partial charge in [0.05, 0.1) is 11.3 Å². The summed E-state index contributed by atoms with van der Waals surface area (Å²) >= 11 is 0. The molecule has 6 heteroatoms. The first kappa shape index (κ1) is 18.2. The number of likely N-dealkylation sites (tertiary alicyclic amines) is 2. The molecule has 1 atom stereocenters. The quantitative estimate of drug-likeness (QED) is 0.837. The number of rotatable bonds is 3. The van der Waals surface area contributed by atoms with Gasteiger partial charge in [0.2, 0.25) is 0 Å². The SMILES string of the molecule is Cc1nn(C)cc1C(=O)N1CCCC2(CCCN(Cc3cccnc3)C2)C1. The van der Waals surface area contributed by atoms with Crippen molar-refractivity contribution in [2.24, 2.45) is 12.5 Å². The summed E-state index contributed by atoms with van der Waals surface area (Å²) in [6.07, 6.45) is 10.4. The molecule has 0 radical (unpaired) electrons. The molecule has 4 rings (SSSR count). The number of piperidine rings is 2. The standard InChI is InChI=1S/C21H29N5O/c1-17-19(14-24(2)23-17)20(27)26-11-5-8-21(16-26)7-4-10-25(15-21)13-18-6-3-9-22-12-18/h3,6,9,12,14H,4-5,7-8,10-11,13,15-16H2,1-2H3. The fraction of sp³-hybridized carbons (Fsp3) is 0.571. The molecule has 2 fully saturated rings. The van der Waals surface area contributed by atoms with Crippen molar-refractivity contribution in [3.8, 4) is 0 Å². The normalized spacial score (nSPS) is 23.7. The van der Waals surface area contributed by atoms with Gasteiger partial charge in [0, 0.05) is 57.2 Å². The molecule has 2 saturated heterocycles. The second-order valence-corrected chi connectivity index (χ2v) is 8.31. The predicted molar refractivity (Wildman–Crippen MR) is 104 cm³/mol. The smallest absolute Gasteiger partial charge is 0.257 e. The van der Waals surface area contributed by atoms with Crippen LogP contribution < -0.4 is 0 Å². The van der Waals surface area contributed by atoms with Gasteiger partial charge in [-0.2, -0.15) is 5.10 Å². The molecule has 0 saturated carbocycles. The molecule has 6 nitrogen and oxygen atoms in total. The fourth-order valence-electron chi connectivity index (χ4n) is 4.89. The van der Waals surface area contributed by atoms with Crippen LogP contribution in [0.15, 0.2) is 30.7 Å². The van der Waals surface area contributed by atoms with Crippen LogP contribution in [-0.2, 0) is 13.6 Å². The van der Waals surface area contributed by atoms with E-state index in [4.69, 9.17) is 0 Å². The van der Waals surface area contributed by atoms with Crippen LogP contribution in [0.2, 0.25) is 0 Å². The topological polar surface area (TPSA) is 54.3 Å². The Morgan fingerprint density at radius 1 is 1.22 bits per heavy atom. The summed E-state index contributed by atoms with van der Waals surface area (Å²) in [5, 5.41) is 4.34. The van der Waals surface area contributed by atoms with E-state index in [9.17, 15) is 4.79 Å². The Hall–Kier alpha value is -2.21. The molecular weight excluding hydrogens is 338 g/mol. The molecule has 4 heterocycles. The summed E-state index contributed by atoms with van der Waals surface area (Å²) in [7, 11) is 1.87. The highest BCUT2D eigenvalue weighted by Crippen LogP contribution is 2.39. The van der Waals surface area contributed by atoms with Gasteiger partial charge in [-0.05, 0) is 50.8 Å². The summed E-state index contributed by atoms with van der Waals surface area (Å²) in [4.78, 5) is 21.9. The van der Waals surface area contributed by atoms with Crippen LogP contribution in [0.3, 0.4) is 0 Å². The van der Waals surface area contributed by atoms with Gasteiger partial charge in [0.1, 0.15) is 0 Å². The highest BCUT2D eigenvalue weighted by molar-refractivity contribution is 5.95. The summed E-state index contributed by atoms with van der Waals surface area (Å²) in [6, 6.07) is 4.16. The van der Waals surface area contributed by atoms with Crippen molar-refractivity contribution in [2.45, 2.75) is 39.2 Å². The molecule has 2 aromatic heterocycles. The first-order chi connectivity index (χ1) is 13.0. The Morgan fingerprint density at radius 2 is 2.04 bits per heavy atom. The van der Waals surface area contributed by atoms with E-state index < -0.39 is 0 Å². The monoisotopic (exact) mass is 367 g/mol. The van der Waals surface area contributed by atoms with Gasteiger partial charge in [-0.25, -0.2) is 0 Å². The van der Waals surface area contributed by atoms with Gasteiger partial charge in [0.25, 0.3) is 5.91 Å². The van der Waals surface area contributed by atoms with Crippen LogP contribution in [0, 0.1) is 12.3 Å². The lowest BCUT2D eigenvalue weighted by Crippen LogP contribution is -2.53. The van der Waals surface area contributed by atoms with E-state index in [0.29, 0.717) is 0 Å². The summed E-state index contributed by atoms with van der Waals surface area (Å²) in [5.74, 6) is 0.143. The Bertz CT molecular complexity index is 798. The minimum absolute atomic E-state index is 0.143. The molecule has 2 aromatic rings. The van der Waals surface area contributed by atoms with Crippen LogP contribution in [0.1, 0.15) is 47.3 Å². The molecule has 144 valence electrons. The average molecular weight is 367 g/mol. The summed E-state index contributed by atoms with van der Waals surface area (Å²) in [6.45, 7) is 6.79. The maximum absolute atomic E-state index is 13.1. The number of aryl methyl sites for hydroxylation is 2. The number of nitrogens with zero attached hydrogens (tertiary/aromatic N) is 5. The first-order valence-electron chi connectivity index (χ1n) is 9.95. The third-order valence-electron chi connectivity index (χ3n) is 6.06. The largest absolute Gasteiger partial charge is 0.338 e. The van der Waals surface area contributed by atoms with Crippen molar-refractivity contribution in [2.75, 3.05) is 26.2 Å². The number of hydrogen-bond acceptors (Lipinski definition) is 4. The van der Waals surface area contributed by atoms with E-state index in [1.165, 1.54) is 24.8 Å². The van der Waals surface area contributed by atoms with Crippen LogP contribution in [-0.4, -0.2) is 56.7 Å². The number of hydrogen-bond donors (Lipinski definition) is 0. The lowest BCUT2D eigenvalue weighted by atomic mass is 9.73. The molecular formula is C21H29N5O. The van der Waals surface area contributed by atoms with Crippen molar-refractivity contribution in [3.05, 3.63) is 47.5 Å². The molecule has 0 aromatic carbocycles. The third-order valence-corrected chi connectivity index (χ3v) is 6.06. The zero-order valence-corrected chi connectivity index (χ0v) is 16.4. The van der Waals surface area contributed by atoms with Gasteiger partial charge in [-0.15, -0.1) is 0 Å². The minimum atomic E-state index is 0.143. The number of carbonyl (C=O) groups is 1. The third kappa shape index (κ3) is 3.90. The highest BCUT2D eigenvalue weighted by atomic mass is 16.2. The van der Waals surface area contributed by atoms with Crippen molar-refractivity contribution in [1.29, 1.82) is 0 Å². The van der Waals surface area contributed by atoms with E-state index in [-0.39, 0.29) is 11.3 Å². The van der Waals surface area contributed by atoms with Gasteiger partial charge >= 0.3 is 0 Å². The van der Waals surface area contributed by atoms with Crippen LogP contribution in [0.25, 0.3) is 0 Å². The Balaban J connectivity index is 1.46. The van der Waals surface area contributed by atoms with Crippen molar-refractivity contribution in [3.63, 3.8) is 0 Å². The number of aromatic nitrogens is 3. The Kier molecular flexibility index (Phi) is 5.00. The molecule has 0 aliphatic carbocycles. The zero-order valence-electron chi connectivity index (χ0n) is 16.4. The van der Waals surface area contributed by atoms with Crippen LogP contribution >= 0.6 is 0 Å². The lowest BCUT2D eigenvalue weighted by Gasteiger charge is -2.48. The Morgan fingerprint density at radius 3 is 2.74 bits per heavy atom. The minimum Gasteiger partial charge on any atom is -0.338 e. The average Bonchev–Trinajstić information content (AvgIpc) is 3.00. The molecule has 0 N–H and O–H groups in total. The maximum atomic E-state index is 13.1.